The number of hydrogen-bond acceptors (Lipinski definition) is 6. The van der Waals surface area contributed by atoms with Crippen LogP contribution < -0.4 is 5.32 Å². The highest BCUT2D eigenvalue weighted by molar-refractivity contribution is 6.02. The van der Waals surface area contributed by atoms with Crippen molar-refractivity contribution < 1.29 is 33.9 Å². The van der Waals surface area contributed by atoms with E-state index in [1.807, 2.05) is 0 Å². The van der Waals surface area contributed by atoms with E-state index < -0.39 is 40.4 Å². The third kappa shape index (κ3) is 2.71. The molecule has 4 atom stereocenters. The lowest BCUT2D eigenvalue weighted by Gasteiger charge is -2.38. The van der Waals surface area contributed by atoms with Gasteiger partial charge in [0, 0.05) is 17.2 Å². The molecule has 0 aromatic heterocycles. The normalized spacial score (nSPS) is 31.8. The lowest BCUT2D eigenvalue weighted by Crippen LogP contribution is -2.57. The molecule has 5 rings (SSSR count). The van der Waals surface area contributed by atoms with Crippen LogP contribution in [0.5, 0.6) is 0 Å². The Labute approximate surface area is 195 Å². The summed E-state index contributed by atoms with van der Waals surface area (Å²) in [6, 6.07) is 22.3. The van der Waals surface area contributed by atoms with Crippen molar-refractivity contribution in [2.24, 2.45) is 5.92 Å². The van der Waals surface area contributed by atoms with Gasteiger partial charge in [-0.05, 0) is 29.8 Å². The summed E-state index contributed by atoms with van der Waals surface area (Å²) in [5, 5.41) is 25.1. The summed E-state index contributed by atoms with van der Waals surface area (Å²) in [4.78, 5) is 18.9. The Morgan fingerprint density at radius 3 is 2.06 bits per heavy atom. The van der Waals surface area contributed by atoms with Crippen LogP contribution >= 0.6 is 0 Å². The first kappa shape index (κ1) is 22.6. The van der Waals surface area contributed by atoms with Gasteiger partial charge in [-0.1, -0.05) is 74.5 Å². The number of hydrogen-bond donors (Lipinski definition) is 3. The molecule has 2 heterocycles. The van der Waals surface area contributed by atoms with E-state index in [-0.39, 0.29) is 5.56 Å². The SMILES string of the molecule is CC(C)[C@@]1(OO)O[C@@](O)(c2ccc(F)cc2)[C@@]2(c3ccccc3)O[C@@]12C(=O)Nc1ccccc1. The minimum atomic E-state index is -2.32. The van der Waals surface area contributed by atoms with Crippen LogP contribution in [-0.2, 0) is 30.5 Å². The summed E-state index contributed by atoms with van der Waals surface area (Å²) in [5.74, 6) is -6.28. The number of carbonyl (C=O) groups is 1. The molecule has 176 valence electrons. The van der Waals surface area contributed by atoms with Crippen molar-refractivity contribution in [1.82, 2.24) is 0 Å². The second-order valence-electron chi connectivity index (χ2n) is 8.82. The molecule has 3 aromatic rings. The van der Waals surface area contributed by atoms with Gasteiger partial charge in [0.25, 0.3) is 5.91 Å². The zero-order valence-electron chi connectivity index (χ0n) is 18.6. The van der Waals surface area contributed by atoms with Crippen LogP contribution in [0.3, 0.4) is 0 Å². The molecule has 1 amide bonds. The number of fused-ring (bicyclic) bond motifs is 1. The second-order valence-corrected chi connectivity index (χ2v) is 8.82. The number of epoxide rings is 1. The third-order valence-electron chi connectivity index (χ3n) is 6.69. The predicted octanol–water partition coefficient (Wildman–Crippen LogP) is 4.15. The maximum Gasteiger partial charge on any atom is 0.266 e. The summed E-state index contributed by atoms with van der Waals surface area (Å²) >= 11 is 0. The Morgan fingerprint density at radius 2 is 1.50 bits per heavy atom. The van der Waals surface area contributed by atoms with Crippen LogP contribution in [0.15, 0.2) is 84.9 Å². The molecule has 3 N–H and O–H groups in total. The molecule has 8 heteroatoms. The molecule has 2 saturated heterocycles. The quantitative estimate of drug-likeness (QED) is 0.287. The molecule has 0 spiro atoms. The van der Waals surface area contributed by atoms with Crippen LogP contribution in [-0.4, -0.2) is 27.7 Å². The fourth-order valence-electron chi connectivity index (χ4n) is 5.08. The molecular weight excluding hydrogens is 441 g/mol. The van der Waals surface area contributed by atoms with Crippen LogP contribution in [0.2, 0.25) is 0 Å². The van der Waals surface area contributed by atoms with E-state index in [9.17, 15) is 19.5 Å². The fourth-order valence-corrected chi connectivity index (χ4v) is 5.08. The van der Waals surface area contributed by atoms with Gasteiger partial charge in [-0.3, -0.25) is 4.79 Å². The van der Waals surface area contributed by atoms with E-state index in [1.54, 1.807) is 74.5 Å². The highest BCUT2D eigenvalue weighted by Gasteiger charge is 2.99. The monoisotopic (exact) mass is 465 g/mol. The first-order chi connectivity index (χ1) is 16.3. The number of carbonyl (C=O) groups excluding carboxylic acids is 1. The average Bonchev–Trinajstić information content (AvgIpc) is 3.53. The molecular formula is C26H24FNO6. The maximum absolute atomic E-state index is 13.9. The summed E-state index contributed by atoms with van der Waals surface area (Å²) in [6.45, 7) is 3.34. The molecule has 2 fully saturated rings. The molecule has 2 aliphatic heterocycles. The van der Waals surface area contributed by atoms with Crippen LogP contribution in [0.25, 0.3) is 0 Å². The van der Waals surface area contributed by atoms with Crippen molar-refractivity contribution in [3.63, 3.8) is 0 Å². The smallest absolute Gasteiger partial charge is 0.266 e. The number of para-hydroxylation sites is 1. The van der Waals surface area contributed by atoms with Crippen molar-refractivity contribution >= 4 is 11.6 Å². The van der Waals surface area contributed by atoms with Crippen LogP contribution in [0, 0.1) is 11.7 Å². The maximum atomic E-state index is 13.9. The van der Waals surface area contributed by atoms with Crippen molar-refractivity contribution in [3.8, 4) is 0 Å². The molecule has 0 unspecified atom stereocenters. The molecule has 0 aliphatic carbocycles. The summed E-state index contributed by atoms with van der Waals surface area (Å²) in [5.41, 5.74) is -2.78. The zero-order valence-corrected chi connectivity index (χ0v) is 18.6. The van der Waals surface area contributed by atoms with E-state index in [2.05, 4.69) is 5.32 Å². The molecule has 3 aromatic carbocycles. The Hall–Kier alpha value is -3.14. The van der Waals surface area contributed by atoms with Crippen molar-refractivity contribution in [2.45, 2.75) is 36.6 Å². The standard InChI is InChI=1S/C26H24FNO6/c1-17(2)26(34-31)24(22(29)28-21-11-7-4-8-12-21)23(32-24,18-9-5-3-6-10-18)25(30,33-26)19-13-15-20(27)16-14-19/h3-17,30-31H,1-2H3,(H,28,29)/t23-,24+,25-,26-/m0/s1. The first-order valence-corrected chi connectivity index (χ1v) is 10.9. The van der Waals surface area contributed by atoms with Gasteiger partial charge in [0.05, 0.1) is 0 Å². The van der Waals surface area contributed by atoms with Gasteiger partial charge in [0.2, 0.25) is 17.2 Å². The summed E-state index contributed by atoms with van der Waals surface area (Å²) in [6.07, 6.45) is 0. The lowest BCUT2D eigenvalue weighted by atomic mass is 9.74. The van der Waals surface area contributed by atoms with E-state index in [4.69, 9.17) is 14.4 Å². The number of ether oxygens (including phenoxy) is 2. The van der Waals surface area contributed by atoms with Gasteiger partial charge in [-0.25, -0.2) is 9.65 Å². The van der Waals surface area contributed by atoms with Crippen molar-refractivity contribution in [2.75, 3.05) is 5.32 Å². The average molecular weight is 465 g/mol. The van der Waals surface area contributed by atoms with Crippen molar-refractivity contribution in [3.05, 3.63) is 102 Å². The minimum Gasteiger partial charge on any atom is -0.359 e. The van der Waals surface area contributed by atoms with Gasteiger partial charge in [-0.2, -0.15) is 4.89 Å². The highest BCUT2D eigenvalue weighted by atomic mass is 19.1. The minimum absolute atomic E-state index is 0.131. The summed E-state index contributed by atoms with van der Waals surface area (Å²) in [7, 11) is 0. The molecule has 0 saturated carbocycles. The number of amides is 1. The molecule has 0 radical (unpaired) electrons. The van der Waals surface area contributed by atoms with Crippen LogP contribution in [0.1, 0.15) is 25.0 Å². The van der Waals surface area contributed by atoms with Crippen LogP contribution in [0.4, 0.5) is 10.1 Å². The molecule has 7 nitrogen and oxygen atoms in total. The molecule has 34 heavy (non-hydrogen) atoms. The predicted molar refractivity (Wildman–Crippen MR) is 120 cm³/mol. The van der Waals surface area contributed by atoms with Gasteiger partial charge < -0.3 is 19.9 Å². The summed E-state index contributed by atoms with van der Waals surface area (Å²) < 4.78 is 26.1. The fraction of sp³-hybridized carbons (Fsp3) is 0.269. The Morgan fingerprint density at radius 1 is 0.912 bits per heavy atom. The second kappa shape index (κ2) is 7.69. The Kier molecular flexibility index (Phi) is 5.12. The number of nitrogens with one attached hydrogen (secondary N) is 1. The van der Waals surface area contributed by atoms with E-state index >= 15 is 0 Å². The highest BCUT2D eigenvalue weighted by Crippen LogP contribution is 2.77. The lowest BCUT2D eigenvalue weighted by molar-refractivity contribution is -0.466. The first-order valence-electron chi connectivity index (χ1n) is 10.9. The van der Waals surface area contributed by atoms with Gasteiger partial charge in [0.1, 0.15) is 5.82 Å². The molecule has 0 bridgehead atoms. The number of halogens is 1. The van der Waals surface area contributed by atoms with E-state index in [0.29, 0.717) is 11.3 Å². The number of aliphatic hydroxyl groups is 1. The Balaban J connectivity index is 1.75. The largest absolute Gasteiger partial charge is 0.359 e. The van der Waals surface area contributed by atoms with E-state index in [0.717, 1.165) is 0 Å². The topological polar surface area (TPSA) is 101 Å². The zero-order chi connectivity index (χ0) is 24.2. The number of benzene rings is 3. The van der Waals surface area contributed by atoms with Crippen molar-refractivity contribution in [1.29, 1.82) is 0 Å². The third-order valence-corrected chi connectivity index (χ3v) is 6.69. The van der Waals surface area contributed by atoms with Gasteiger partial charge in [0.15, 0.2) is 5.60 Å². The number of anilines is 1. The Bertz CT molecular complexity index is 1210. The molecule has 2 aliphatic rings. The van der Waals surface area contributed by atoms with E-state index in [1.165, 1.54) is 24.3 Å². The van der Waals surface area contributed by atoms with Gasteiger partial charge >= 0.3 is 0 Å². The van der Waals surface area contributed by atoms with Gasteiger partial charge in [-0.15, -0.1) is 0 Å². The number of rotatable bonds is 6.